The van der Waals surface area contributed by atoms with E-state index in [0.717, 1.165) is 15.8 Å². The zero-order valence-electron chi connectivity index (χ0n) is 9.49. The van der Waals surface area contributed by atoms with Gasteiger partial charge in [-0.25, -0.2) is 0 Å². The molecule has 4 nitrogen and oxygen atoms in total. The number of nitrogens with one attached hydrogen (secondary N) is 2. The molecular weight excluding hydrogens is 284 g/mol. The maximum Gasteiger partial charge on any atom is 0.0942 e. The first-order valence-electron chi connectivity index (χ1n) is 5.78. The summed E-state index contributed by atoms with van der Waals surface area (Å²) in [5, 5.41) is 24.7. The van der Waals surface area contributed by atoms with Gasteiger partial charge >= 0.3 is 0 Å². The molecule has 94 valence electrons. The standard InChI is InChI=1S/C12H17BrN2O2/c13-10-2-1-3-11(15-8-4-5-8)12(10)14-6-9(17)7-16/h1-3,8-9,14-17H,4-7H2. The molecule has 17 heavy (non-hydrogen) atoms. The van der Waals surface area contributed by atoms with Crippen LogP contribution in [0.1, 0.15) is 12.8 Å². The van der Waals surface area contributed by atoms with Gasteiger partial charge in [0.2, 0.25) is 0 Å². The first-order valence-corrected chi connectivity index (χ1v) is 6.58. The quantitative estimate of drug-likeness (QED) is 0.647. The van der Waals surface area contributed by atoms with E-state index < -0.39 is 6.10 Å². The number of hydrogen-bond donors (Lipinski definition) is 4. The molecule has 1 aromatic carbocycles. The predicted octanol–water partition coefficient (Wildman–Crippen LogP) is 1.79. The Morgan fingerprint density at radius 3 is 2.82 bits per heavy atom. The van der Waals surface area contributed by atoms with Crippen LogP contribution in [-0.4, -0.2) is 35.5 Å². The van der Waals surface area contributed by atoms with Gasteiger partial charge in [-0.3, -0.25) is 0 Å². The fourth-order valence-corrected chi connectivity index (χ4v) is 2.06. The van der Waals surface area contributed by atoms with E-state index >= 15 is 0 Å². The van der Waals surface area contributed by atoms with Crippen molar-refractivity contribution in [3.63, 3.8) is 0 Å². The average Bonchev–Trinajstić information content (AvgIpc) is 3.12. The molecular formula is C12H17BrN2O2. The second-order valence-corrected chi connectivity index (χ2v) is 5.15. The second-order valence-electron chi connectivity index (χ2n) is 4.30. The van der Waals surface area contributed by atoms with Crippen molar-refractivity contribution in [2.24, 2.45) is 0 Å². The molecule has 1 aliphatic carbocycles. The molecule has 0 aliphatic heterocycles. The summed E-state index contributed by atoms with van der Waals surface area (Å²) < 4.78 is 0.952. The molecule has 1 atom stereocenters. The van der Waals surface area contributed by atoms with Crippen LogP contribution in [0.2, 0.25) is 0 Å². The topological polar surface area (TPSA) is 64.5 Å². The van der Waals surface area contributed by atoms with E-state index in [0.29, 0.717) is 12.6 Å². The minimum absolute atomic E-state index is 0.233. The SMILES string of the molecule is OCC(O)CNc1c(Br)cccc1NC1CC1. The fraction of sp³-hybridized carbons (Fsp3) is 0.500. The van der Waals surface area contributed by atoms with Crippen molar-refractivity contribution in [1.29, 1.82) is 0 Å². The molecule has 5 heteroatoms. The Kier molecular flexibility index (Phi) is 4.25. The fourth-order valence-electron chi connectivity index (χ4n) is 1.56. The van der Waals surface area contributed by atoms with E-state index in [1.807, 2.05) is 18.2 Å². The summed E-state index contributed by atoms with van der Waals surface area (Å²) in [6.07, 6.45) is 1.69. The van der Waals surface area contributed by atoms with Crippen LogP contribution >= 0.6 is 15.9 Å². The number of aliphatic hydroxyl groups is 2. The van der Waals surface area contributed by atoms with Gasteiger partial charge in [0, 0.05) is 17.1 Å². The van der Waals surface area contributed by atoms with Crippen LogP contribution in [0, 0.1) is 0 Å². The minimum atomic E-state index is -0.740. The first-order chi connectivity index (χ1) is 8.20. The lowest BCUT2D eigenvalue weighted by Gasteiger charge is -2.16. The van der Waals surface area contributed by atoms with Gasteiger partial charge in [-0.15, -0.1) is 0 Å². The van der Waals surface area contributed by atoms with E-state index in [4.69, 9.17) is 5.11 Å². The molecule has 2 rings (SSSR count). The molecule has 1 unspecified atom stereocenters. The molecule has 0 heterocycles. The molecule has 4 N–H and O–H groups in total. The highest BCUT2D eigenvalue weighted by molar-refractivity contribution is 9.10. The Bertz CT molecular complexity index is 383. The van der Waals surface area contributed by atoms with Gasteiger partial charge in [0.15, 0.2) is 0 Å². The van der Waals surface area contributed by atoms with Gasteiger partial charge in [-0.1, -0.05) is 6.07 Å². The largest absolute Gasteiger partial charge is 0.394 e. The molecule has 0 bridgehead atoms. The smallest absolute Gasteiger partial charge is 0.0942 e. The summed E-state index contributed by atoms with van der Waals surface area (Å²) in [5.74, 6) is 0. The number of aliphatic hydroxyl groups excluding tert-OH is 2. The number of para-hydroxylation sites is 1. The van der Waals surface area contributed by atoms with E-state index in [-0.39, 0.29) is 6.61 Å². The highest BCUT2D eigenvalue weighted by Gasteiger charge is 2.22. The third kappa shape index (κ3) is 3.59. The van der Waals surface area contributed by atoms with E-state index in [2.05, 4.69) is 26.6 Å². The molecule has 0 spiro atoms. The molecule has 1 fully saturated rings. The number of benzene rings is 1. The summed E-state index contributed by atoms with van der Waals surface area (Å²) in [5.41, 5.74) is 1.97. The molecule has 1 saturated carbocycles. The van der Waals surface area contributed by atoms with Crippen LogP contribution in [0.3, 0.4) is 0 Å². The zero-order chi connectivity index (χ0) is 12.3. The van der Waals surface area contributed by atoms with E-state index in [9.17, 15) is 5.11 Å². The van der Waals surface area contributed by atoms with Crippen LogP contribution in [-0.2, 0) is 0 Å². The maximum absolute atomic E-state index is 9.35. The van der Waals surface area contributed by atoms with Crippen LogP contribution in [0.5, 0.6) is 0 Å². The third-order valence-electron chi connectivity index (χ3n) is 2.68. The molecule has 0 aromatic heterocycles. The number of halogens is 1. The van der Waals surface area contributed by atoms with Crippen molar-refractivity contribution in [3.05, 3.63) is 22.7 Å². The molecule has 1 aliphatic rings. The molecule has 0 saturated heterocycles. The minimum Gasteiger partial charge on any atom is -0.394 e. The Labute approximate surface area is 109 Å². The lowest BCUT2D eigenvalue weighted by Crippen LogP contribution is -2.23. The molecule has 1 aromatic rings. The van der Waals surface area contributed by atoms with Crippen LogP contribution in [0.4, 0.5) is 11.4 Å². The zero-order valence-corrected chi connectivity index (χ0v) is 11.1. The van der Waals surface area contributed by atoms with Gasteiger partial charge in [0.05, 0.1) is 24.1 Å². The molecule has 0 amide bonds. The van der Waals surface area contributed by atoms with Gasteiger partial charge < -0.3 is 20.8 Å². The number of hydrogen-bond acceptors (Lipinski definition) is 4. The second kappa shape index (κ2) is 5.71. The average molecular weight is 301 g/mol. The summed E-state index contributed by atoms with van der Waals surface area (Å²) in [4.78, 5) is 0. The van der Waals surface area contributed by atoms with Gasteiger partial charge in [-0.05, 0) is 40.9 Å². The van der Waals surface area contributed by atoms with Crippen molar-refractivity contribution in [3.8, 4) is 0 Å². The lowest BCUT2D eigenvalue weighted by molar-refractivity contribution is 0.105. The summed E-state index contributed by atoms with van der Waals surface area (Å²) in [6.45, 7) is 0.0985. The van der Waals surface area contributed by atoms with Crippen molar-refractivity contribution >= 4 is 27.3 Å². The van der Waals surface area contributed by atoms with Crippen LogP contribution < -0.4 is 10.6 Å². The highest BCUT2D eigenvalue weighted by atomic mass is 79.9. The normalized spacial score (nSPS) is 16.6. The lowest BCUT2D eigenvalue weighted by atomic mass is 10.2. The Balaban J connectivity index is 2.06. The van der Waals surface area contributed by atoms with E-state index in [1.165, 1.54) is 12.8 Å². The highest BCUT2D eigenvalue weighted by Crippen LogP contribution is 2.34. The number of anilines is 2. The first kappa shape index (κ1) is 12.7. The Morgan fingerprint density at radius 2 is 2.18 bits per heavy atom. The van der Waals surface area contributed by atoms with Gasteiger partial charge in [0.25, 0.3) is 0 Å². The summed E-state index contributed by atoms with van der Waals surface area (Å²) in [7, 11) is 0. The van der Waals surface area contributed by atoms with Crippen LogP contribution in [0.15, 0.2) is 22.7 Å². The Morgan fingerprint density at radius 1 is 1.41 bits per heavy atom. The summed E-state index contributed by atoms with van der Waals surface area (Å²) in [6, 6.07) is 6.51. The maximum atomic E-state index is 9.35. The van der Waals surface area contributed by atoms with E-state index in [1.54, 1.807) is 0 Å². The monoisotopic (exact) mass is 300 g/mol. The predicted molar refractivity (Wildman–Crippen MR) is 72.4 cm³/mol. The van der Waals surface area contributed by atoms with Gasteiger partial charge in [0.1, 0.15) is 0 Å². The van der Waals surface area contributed by atoms with Crippen LogP contribution in [0.25, 0.3) is 0 Å². The van der Waals surface area contributed by atoms with Gasteiger partial charge in [-0.2, -0.15) is 0 Å². The summed E-state index contributed by atoms with van der Waals surface area (Å²) >= 11 is 3.48. The Hall–Kier alpha value is -0.780. The third-order valence-corrected chi connectivity index (χ3v) is 3.34. The van der Waals surface area contributed by atoms with Crippen molar-refractivity contribution < 1.29 is 10.2 Å². The van der Waals surface area contributed by atoms with Crippen molar-refractivity contribution in [2.75, 3.05) is 23.8 Å². The molecule has 0 radical (unpaired) electrons. The number of rotatable bonds is 6. The van der Waals surface area contributed by atoms with Crippen molar-refractivity contribution in [2.45, 2.75) is 25.0 Å². The van der Waals surface area contributed by atoms with Crippen molar-refractivity contribution in [1.82, 2.24) is 0 Å².